The molecule has 0 fully saturated rings. The monoisotopic (exact) mass is 193 g/mol. The van der Waals surface area contributed by atoms with E-state index >= 15 is 0 Å². The van der Waals surface area contributed by atoms with E-state index in [0.29, 0.717) is 6.42 Å². The van der Waals surface area contributed by atoms with Crippen LogP contribution in [0, 0.1) is 0 Å². The molecule has 74 valence electrons. The van der Waals surface area contributed by atoms with Crippen molar-refractivity contribution in [1.29, 1.82) is 0 Å². The average molecular weight is 193 g/mol. The maximum atomic E-state index is 10.6. The highest BCUT2D eigenvalue weighted by atomic mass is 16.6. The Bertz CT molecular complexity index is 364. The number of fused-ring (bicyclic) bond motifs is 1. The molecule has 4 heteroatoms. The average Bonchev–Trinajstić information content (AvgIpc) is 2.43. The first-order chi connectivity index (χ1) is 6.68. The Morgan fingerprint density at radius 3 is 2.93 bits per heavy atom. The summed E-state index contributed by atoms with van der Waals surface area (Å²) in [6, 6.07) is 7.47. The van der Waals surface area contributed by atoms with Crippen LogP contribution in [0.3, 0.4) is 0 Å². The minimum Gasteiger partial charge on any atom is -0.439 e. The van der Waals surface area contributed by atoms with E-state index < -0.39 is 18.3 Å². The van der Waals surface area contributed by atoms with Gasteiger partial charge in [0.2, 0.25) is 0 Å². The molecular weight excluding hydrogens is 182 g/mol. The van der Waals surface area contributed by atoms with Crippen molar-refractivity contribution in [2.75, 3.05) is 0 Å². The summed E-state index contributed by atoms with van der Waals surface area (Å²) in [4.78, 5) is 10.6. The van der Waals surface area contributed by atoms with Crippen LogP contribution < -0.4 is 5.73 Å². The van der Waals surface area contributed by atoms with Gasteiger partial charge < -0.3 is 15.6 Å². The summed E-state index contributed by atoms with van der Waals surface area (Å²) < 4.78 is 4.84. The minimum atomic E-state index is -0.856. The standard InChI is InChI=1S/C10H11NO3/c11-10(13)14-9-7-4-2-1-3-6(7)5-8(9)12/h1-4,8-9,12H,5H2,(H2,11,13)/t8-,9+/m0/s1. The molecule has 0 radical (unpaired) electrons. The predicted molar refractivity (Wildman–Crippen MR) is 49.6 cm³/mol. The molecule has 2 rings (SSSR count). The third-order valence-corrected chi connectivity index (χ3v) is 2.38. The highest BCUT2D eigenvalue weighted by molar-refractivity contribution is 5.65. The van der Waals surface area contributed by atoms with Gasteiger partial charge in [-0.3, -0.25) is 0 Å². The van der Waals surface area contributed by atoms with Gasteiger partial charge in [0.25, 0.3) is 0 Å². The van der Waals surface area contributed by atoms with Crippen LogP contribution in [0.4, 0.5) is 4.79 Å². The molecule has 0 saturated heterocycles. The van der Waals surface area contributed by atoms with E-state index in [1.54, 1.807) is 0 Å². The molecule has 1 aliphatic carbocycles. The lowest BCUT2D eigenvalue weighted by molar-refractivity contribution is 0.0169. The molecule has 0 heterocycles. The van der Waals surface area contributed by atoms with E-state index in [1.807, 2.05) is 24.3 Å². The molecule has 0 unspecified atom stereocenters. The van der Waals surface area contributed by atoms with Crippen molar-refractivity contribution >= 4 is 6.09 Å². The first-order valence-corrected chi connectivity index (χ1v) is 4.40. The SMILES string of the molecule is NC(=O)O[C@@H]1c2ccccc2C[C@@H]1O. The second-order valence-corrected chi connectivity index (χ2v) is 3.33. The van der Waals surface area contributed by atoms with Crippen LogP contribution in [-0.2, 0) is 11.2 Å². The molecule has 0 bridgehead atoms. The number of amides is 1. The summed E-state index contributed by atoms with van der Waals surface area (Å²) in [6.45, 7) is 0. The van der Waals surface area contributed by atoms with Crippen LogP contribution in [0.15, 0.2) is 24.3 Å². The molecule has 14 heavy (non-hydrogen) atoms. The molecule has 1 aliphatic rings. The summed E-state index contributed by atoms with van der Waals surface area (Å²) in [5.74, 6) is 0. The van der Waals surface area contributed by atoms with Gasteiger partial charge in [-0.25, -0.2) is 4.79 Å². The fourth-order valence-corrected chi connectivity index (χ4v) is 1.80. The van der Waals surface area contributed by atoms with E-state index in [-0.39, 0.29) is 0 Å². The molecule has 1 aromatic rings. The maximum Gasteiger partial charge on any atom is 0.405 e. The number of hydrogen-bond donors (Lipinski definition) is 2. The fraction of sp³-hybridized carbons (Fsp3) is 0.300. The Kier molecular flexibility index (Phi) is 2.13. The van der Waals surface area contributed by atoms with Gasteiger partial charge in [0, 0.05) is 6.42 Å². The number of primary amides is 1. The molecule has 2 atom stereocenters. The number of carbonyl (C=O) groups is 1. The third kappa shape index (κ3) is 1.44. The molecule has 0 aromatic heterocycles. The van der Waals surface area contributed by atoms with Crippen molar-refractivity contribution in [2.24, 2.45) is 5.73 Å². The van der Waals surface area contributed by atoms with Crippen molar-refractivity contribution in [3.63, 3.8) is 0 Å². The van der Waals surface area contributed by atoms with Crippen molar-refractivity contribution < 1.29 is 14.6 Å². The third-order valence-electron chi connectivity index (χ3n) is 2.38. The van der Waals surface area contributed by atoms with Crippen LogP contribution >= 0.6 is 0 Å². The fourth-order valence-electron chi connectivity index (χ4n) is 1.80. The van der Waals surface area contributed by atoms with E-state index in [4.69, 9.17) is 10.5 Å². The van der Waals surface area contributed by atoms with E-state index in [2.05, 4.69) is 0 Å². The van der Waals surface area contributed by atoms with E-state index in [1.165, 1.54) is 0 Å². The van der Waals surface area contributed by atoms with Crippen LogP contribution in [-0.4, -0.2) is 17.3 Å². The molecule has 0 aliphatic heterocycles. The Morgan fingerprint density at radius 1 is 1.50 bits per heavy atom. The lowest BCUT2D eigenvalue weighted by Gasteiger charge is -2.14. The number of aliphatic hydroxyl groups excluding tert-OH is 1. The zero-order chi connectivity index (χ0) is 10.1. The zero-order valence-electron chi connectivity index (χ0n) is 7.51. The van der Waals surface area contributed by atoms with Crippen LogP contribution in [0.5, 0.6) is 0 Å². The van der Waals surface area contributed by atoms with E-state index in [0.717, 1.165) is 11.1 Å². The van der Waals surface area contributed by atoms with Gasteiger partial charge in [0.15, 0.2) is 6.10 Å². The zero-order valence-corrected chi connectivity index (χ0v) is 7.51. The molecular formula is C10H11NO3. The van der Waals surface area contributed by atoms with Crippen molar-refractivity contribution in [1.82, 2.24) is 0 Å². The lowest BCUT2D eigenvalue weighted by atomic mass is 10.1. The Labute approximate surface area is 81.3 Å². The molecule has 1 amide bonds. The second-order valence-electron chi connectivity index (χ2n) is 3.33. The summed E-state index contributed by atoms with van der Waals surface area (Å²) in [6.07, 6.45) is -1.64. The normalized spacial score (nSPS) is 24.4. The maximum absolute atomic E-state index is 10.6. The molecule has 0 spiro atoms. The first kappa shape index (κ1) is 9.02. The minimum absolute atomic E-state index is 0.508. The van der Waals surface area contributed by atoms with Gasteiger partial charge in [0.05, 0.1) is 6.10 Å². The van der Waals surface area contributed by atoms with Crippen LogP contribution in [0.25, 0.3) is 0 Å². The quantitative estimate of drug-likeness (QED) is 0.690. The lowest BCUT2D eigenvalue weighted by Crippen LogP contribution is -2.23. The van der Waals surface area contributed by atoms with Crippen molar-refractivity contribution in [3.8, 4) is 0 Å². The second kappa shape index (κ2) is 3.31. The number of carbonyl (C=O) groups excluding carboxylic acids is 1. The molecule has 0 saturated carbocycles. The van der Waals surface area contributed by atoms with Gasteiger partial charge in [-0.2, -0.15) is 0 Å². The Balaban J connectivity index is 2.30. The molecule has 3 N–H and O–H groups in total. The van der Waals surface area contributed by atoms with Crippen LogP contribution in [0.2, 0.25) is 0 Å². The van der Waals surface area contributed by atoms with Crippen molar-refractivity contribution in [3.05, 3.63) is 35.4 Å². The van der Waals surface area contributed by atoms with Gasteiger partial charge in [0.1, 0.15) is 0 Å². The number of nitrogens with two attached hydrogens (primary N) is 1. The van der Waals surface area contributed by atoms with Gasteiger partial charge in [-0.1, -0.05) is 24.3 Å². The Morgan fingerprint density at radius 2 is 2.21 bits per heavy atom. The topological polar surface area (TPSA) is 72.6 Å². The summed E-state index contributed by atoms with van der Waals surface area (Å²) >= 11 is 0. The molecule has 1 aromatic carbocycles. The predicted octanol–water partition coefficient (Wildman–Crippen LogP) is 0.740. The van der Waals surface area contributed by atoms with Gasteiger partial charge in [-0.15, -0.1) is 0 Å². The van der Waals surface area contributed by atoms with Gasteiger partial charge in [-0.05, 0) is 11.1 Å². The summed E-state index contributed by atoms with van der Waals surface area (Å²) in [7, 11) is 0. The highest BCUT2D eigenvalue weighted by Gasteiger charge is 2.33. The summed E-state index contributed by atoms with van der Waals surface area (Å²) in [5.41, 5.74) is 6.77. The number of hydrogen-bond acceptors (Lipinski definition) is 3. The van der Waals surface area contributed by atoms with Crippen LogP contribution in [0.1, 0.15) is 17.2 Å². The number of ether oxygens (including phenoxy) is 1. The van der Waals surface area contributed by atoms with Crippen molar-refractivity contribution in [2.45, 2.75) is 18.6 Å². The first-order valence-electron chi connectivity index (χ1n) is 4.40. The molecule has 4 nitrogen and oxygen atoms in total. The van der Waals surface area contributed by atoms with Gasteiger partial charge >= 0.3 is 6.09 Å². The number of rotatable bonds is 1. The Hall–Kier alpha value is -1.55. The number of benzene rings is 1. The van der Waals surface area contributed by atoms with E-state index in [9.17, 15) is 9.90 Å². The number of aliphatic hydroxyl groups is 1. The smallest absolute Gasteiger partial charge is 0.405 e. The summed E-state index contributed by atoms with van der Waals surface area (Å²) in [5, 5.41) is 9.63. The highest BCUT2D eigenvalue weighted by Crippen LogP contribution is 2.33. The largest absolute Gasteiger partial charge is 0.439 e.